The molecule has 96 valence electrons. The molecule has 0 aliphatic heterocycles. The Morgan fingerprint density at radius 3 is 2.94 bits per heavy atom. The van der Waals surface area contributed by atoms with Crippen molar-refractivity contribution in [3.05, 3.63) is 36.3 Å². The number of hydrogen-bond donors (Lipinski definition) is 1. The van der Waals surface area contributed by atoms with Crippen LogP contribution in [0.15, 0.2) is 24.8 Å². The summed E-state index contributed by atoms with van der Waals surface area (Å²) in [5.41, 5.74) is 0.429. The lowest BCUT2D eigenvalue weighted by Gasteiger charge is -2.15. The van der Waals surface area contributed by atoms with Crippen molar-refractivity contribution >= 4 is 5.82 Å². The molecule has 0 amide bonds. The molecule has 2 aromatic rings. The van der Waals surface area contributed by atoms with Crippen molar-refractivity contribution in [2.24, 2.45) is 0 Å². The highest BCUT2D eigenvalue weighted by molar-refractivity contribution is 5.38. The van der Waals surface area contributed by atoms with Crippen molar-refractivity contribution in [3.63, 3.8) is 0 Å². The van der Waals surface area contributed by atoms with Gasteiger partial charge in [-0.15, -0.1) is 0 Å². The first-order chi connectivity index (χ1) is 8.70. The Morgan fingerprint density at radius 2 is 2.28 bits per heavy atom. The Kier molecular flexibility index (Phi) is 3.86. The predicted octanol–water partition coefficient (Wildman–Crippen LogP) is 1.88. The zero-order valence-electron chi connectivity index (χ0n) is 10.5. The molecule has 0 bridgehead atoms. The van der Waals surface area contributed by atoms with E-state index in [1.54, 1.807) is 10.9 Å². The summed E-state index contributed by atoms with van der Waals surface area (Å²) in [7, 11) is 0. The van der Waals surface area contributed by atoms with Crippen LogP contribution >= 0.6 is 0 Å². The Balaban J connectivity index is 2.05. The Bertz CT molecular complexity index is 497. The molecule has 0 saturated heterocycles. The Labute approximate surface area is 105 Å². The first kappa shape index (κ1) is 12.5. The second-order valence-corrected chi connectivity index (χ2v) is 4.11. The summed E-state index contributed by atoms with van der Waals surface area (Å²) < 4.78 is 15.7. The van der Waals surface area contributed by atoms with Gasteiger partial charge in [-0.05, 0) is 19.4 Å². The molecule has 5 nitrogen and oxygen atoms in total. The third-order valence-corrected chi connectivity index (χ3v) is 2.60. The highest BCUT2D eigenvalue weighted by Gasteiger charge is 2.12. The molecule has 0 aliphatic rings. The summed E-state index contributed by atoms with van der Waals surface area (Å²) in [5.74, 6) is -0.117. The maximum Gasteiger partial charge on any atom is 0.186 e. The predicted molar refractivity (Wildman–Crippen MR) is 66.7 cm³/mol. The monoisotopic (exact) mass is 249 g/mol. The molecule has 0 aliphatic carbocycles. The molecule has 1 atom stereocenters. The molecular weight excluding hydrogens is 233 g/mol. The smallest absolute Gasteiger partial charge is 0.186 e. The van der Waals surface area contributed by atoms with Crippen LogP contribution < -0.4 is 5.32 Å². The largest absolute Gasteiger partial charge is 0.363 e. The van der Waals surface area contributed by atoms with Crippen LogP contribution in [0.4, 0.5) is 10.2 Å². The summed E-state index contributed by atoms with van der Waals surface area (Å²) in [6, 6.07) is 1.88. The normalized spacial score (nSPS) is 12.4. The SMILES string of the molecule is CCc1ncnc(NC(C)Cn2cccn2)c1F. The van der Waals surface area contributed by atoms with Gasteiger partial charge in [0, 0.05) is 18.4 Å². The van der Waals surface area contributed by atoms with E-state index < -0.39 is 0 Å². The summed E-state index contributed by atoms with van der Waals surface area (Å²) >= 11 is 0. The van der Waals surface area contributed by atoms with E-state index in [0.717, 1.165) is 0 Å². The zero-order chi connectivity index (χ0) is 13.0. The molecule has 1 N–H and O–H groups in total. The number of halogens is 1. The minimum Gasteiger partial charge on any atom is -0.363 e. The van der Waals surface area contributed by atoms with Crippen LogP contribution in [0, 0.1) is 5.82 Å². The number of aromatic nitrogens is 4. The second kappa shape index (κ2) is 5.57. The topological polar surface area (TPSA) is 55.6 Å². The maximum absolute atomic E-state index is 13.9. The molecule has 18 heavy (non-hydrogen) atoms. The average molecular weight is 249 g/mol. The maximum atomic E-state index is 13.9. The number of rotatable bonds is 5. The van der Waals surface area contributed by atoms with Crippen LogP contribution in [0.2, 0.25) is 0 Å². The summed E-state index contributed by atoms with van der Waals surface area (Å²) in [4.78, 5) is 7.83. The van der Waals surface area contributed by atoms with Crippen LogP contribution in [0.1, 0.15) is 19.5 Å². The lowest BCUT2D eigenvalue weighted by atomic mass is 10.3. The molecule has 0 spiro atoms. The summed E-state index contributed by atoms with van der Waals surface area (Å²) in [6.07, 6.45) is 5.51. The van der Waals surface area contributed by atoms with E-state index in [4.69, 9.17) is 0 Å². The van der Waals surface area contributed by atoms with E-state index in [2.05, 4.69) is 20.4 Å². The van der Waals surface area contributed by atoms with Crippen molar-refractivity contribution in [2.75, 3.05) is 5.32 Å². The third kappa shape index (κ3) is 2.82. The number of aryl methyl sites for hydroxylation is 1. The van der Waals surface area contributed by atoms with Gasteiger partial charge in [-0.25, -0.2) is 14.4 Å². The zero-order valence-corrected chi connectivity index (χ0v) is 10.5. The summed E-state index contributed by atoms with van der Waals surface area (Å²) in [6.45, 7) is 4.47. The summed E-state index contributed by atoms with van der Waals surface area (Å²) in [5, 5.41) is 7.14. The van der Waals surface area contributed by atoms with Gasteiger partial charge in [0.1, 0.15) is 6.33 Å². The number of anilines is 1. The van der Waals surface area contributed by atoms with Gasteiger partial charge in [-0.3, -0.25) is 4.68 Å². The van der Waals surface area contributed by atoms with Gasteiger partial charge in [0.2, 0.25) is 0 Å². The minimum absolute atomic E-state index is 0.0269. The highest BCUT2D eigenvalue weighted by atomic mass is 19.1. The fourth-order valence-corrected chi connectivity index (χ4v) is 1.72. The molecule has 1 unspecified atom stereocenters. The molecule has 0 aromatic carbocycles. The molecular formula is C12H16FN5. The van der Waals surface area contributed by atoms with Gasteiger partial charge in [-0.1, -0.05) is 6.92 Å². The van der Waals surface area contributed by atoms with Gasteiger partial charge in [-0.2, -0.15) is 5.10 Å². The van der Waals surface area contributed by atoms with Crippen molar-refractivity contribution < 1.29 is 4.39 Å². The van der Waals surface area contributed by atoms with Gasteiger partial charge >= 0.3 is 0 Å². The molecule has 0 saturated carbocycles. The molecule has 2 aromatic heterocycles. The molecule has 2 rings (SSSR count). The standard InChI is InChI=1S/C12H16FN5/c1-3-10-11(13)12(15-8-14-10)17-9(2)7-18-6-4-5-16-18/h4-6,8-9H,3,7H2,1-2H3,(H,14,15,17). The number of nitrogens with zero attached hydrogens (tertiary/aromatic N) is 4. The van der Waals surface area contributed by atoms with Gasteiger partial charge in [0.05, 0.1) is 12.2 Å². The van der Waals surface area contributed by atoms with Crippen molar-refractivity contribution in [1.29, 1.82) is 0 Å². The Hall–Kier alpha value is -1.98. The van der Waals surface area contributed by atoms with Crippen LogP contribution in [0.3, 0.4) is 0 Å². The molecule has 2 heterocycles. The quantitative estimate of drug-likeness (QED) is 0.879. The average Bonchev–Trinajstić information content (AvgIpc) is 2.84. The van der Waals surface area contributed by atoms with E-state index in [0.29, 0.717) is 18.7 Å². The fraction of sp³-hybridized carbons (Fsp3) is 0.417. The van der Waals surface area contributed by atoms with E-state index in [1.165, 1.54) is 6.33 Å². The van der Waals surface area contributed by atoms with Gasteiger partial charge in [0.25, 0.3) is 0 Å². The first-order valence-corrected chi connectivity index (χ1v) is 5.94. The molecule has 6 heteroatoms. The van der Waals surface area contributed by atoms with Crippen LogP contribution in [0.25, 0.3) is 0 Å². The van der Waals surface area contributed by atoms with Crippen LogP contribution in [0.5, 0.6) is 0 Å². The number of hydrogen-bond acceptors (Lipinski definition) is 4. The number of nitrogens with one attached hydrogen (secondary N) is 1. The fourth-order valence-electron chi connectivity index (χ4n) is 1.72. The van der Waals surface area contributed by atoms with Crippen molar-refractivity contribution in [2.45, 2.75) is 32.9 Å². The first-order valence-electron chi connectivity index (χ1n) is 5.94. The third-order valence-electron chi connectivity index (χ3n) is 2.60. The lowest BCUT2D eigenvalue weighted by Crippen LogP contribution is -2.23. The minimum atomic E-state index is -0.368. The second-order valence-electron chi connectivity index (χ2n) is 4.11. The van der Waals surface area contributed by atoms with E-state index in [9.17, 15) is 4.39 Å². The van der Waals surface area contributed by atoms with Crippen molar-refractivity contribution in [1.82, 2.24) is 19.7 Å². The Morgan fingerprint density at radius 1 is 1.44 bits per heavy atom. The molecule has 0 fully saturated rings. The molecule has 0 radical (unpaired) electrons. The lowest BCUT2D eigenvalue weighted by molar-refractivity contribution is 0.548. The highest BCUT2D eigenvalue weighted by Crippen LogP contribution is 2.14. The van der Waals surface area contributed by atoms with Crippen LogP contribution in [-0.2, 0) is 13.0 Å². The van der Waals surface area contributed by atoms with E-state index in [1.807, 2.05) is 26.1 Å². The van der Waals surface area contributed by atoms with E-state index >= 15 is 0 Å². The van der Waals surface area contributed by atoms with Gasteiger partial charge < -0.3 is 5.32 Å². The van der Waals surface area contributed by atoms with E-state index in [-0.39, 0.29) is 17.7 Å². The van der Waals surface area contributed by atoms with Crippen LogP contribution in [-0.4, -0.2) is 25.8 Å². The van der Waals surface area contributed by atoms with Gasteiger partial charge in [0.15, 0.2) is 11.6 Å². The van der Waals surface area contributed by atoms with Crippen molar-refractivity contribution in [3.8, 4) is 0 Å².